The predicted molar refractivity (Wildman–Crippen MR) is 119 cm³/mol. The van der Waals surface area contributed by atoms with E-state index in [1.54, 1.807) is 0 Å². The number of likely N-dealkylation sites (N-methyl/N-ethyl adjacent to an activating group) is 1. The maximum atomic E-state index is 5.98. The lowest BCUT2D eigenvalue weighted by molar-refractivity contribution is -0.0817. The minimum absolute atomic E-state index is 0.133. The van der Waals surface area contributed by atoms with Crippen molar-refractivity contribution in [3.63, 3.8) is 0 Å². The first-order valence-corrected chi connectivity index (χ1v) is 11.4. The molecule has 3 aliphatic heterocycles. The molecule has 8 nitrogen and oxygen atoms in total. The first-order chi connectivity index (χ1) is 14.8. The van der Waals surface area contributed by atoms with E-state index in [9.17, 15) is 0 Å². The fourth-order valence-corrected chi connectivity index (χ4v) is 4.54. The molecule has 0 radical (unpaired) electrons. The number of nitrogens with zero attached hydrogens (tertiary/aromatic N) is 5. The van der Waals surface area contributed by atoms with Gasteiger partial charge >= 0.3 is 0 Å². The lowest BCUT2D eigenvalue weighted by Gasteiger charge is -2.37. The molecule has 2 atom stereocenters. The summed E-state index contributed by atoms with van der Waals surface area (Å²) in [5.41, 5.74) is 1.23. The molecule has 1 aromatic heterocycles. The normalized spacial score (nSPS) is 26.3. The Kier molecular flexibility index (Phi) is 7.41. The third-order valence-electron chi connectivity index (χ3n) is 6.39. The van der Waals surface area contributed by atoms with Crippen LogP contribution in [0, 0.1) is 0 Å². The topological polar surface area (TPSA) is 65.5 Å². The zero-order chi connectivity index (χ0) is 20.8. The maximum absolute atomic E-state index is 5.98. The molecule has 2 unspecified atom stereocenters. The van der Waals surface area contributed by atoms with E-state index in [4.69, 9.17) is 9.47 Å². The number of aliphatic imine (C=N–C) groups is 1. The molecule has 3 aliphatic rings. The Hall–Kier alpha value is -1.90. The van der Waals surface area contributed by atoms with E-state index in [2.05, 4.69) is 49.0 Å². The van der Waals surface area contributed by atoms with Crippen molar-refractivity contribution < 1.29 is 9.47 Å². The second-order valence-corrected chi connectivity index (χ2v) is 8.25. The number of morpholine rings is 1. The zero-order valence-corrected chi connectivity index (χ0v) is 18.4. The van der Waals surface area contributed by atoms with Gasteiger partial charge in [0.15, 0.2) is 5.96 Å². The van der Waals surface area contributed by atoms with E-state index in [1.165, 1.54) is 5.56 Å². The number of hydrogen-bond acceptors (Lipinski definition) is 6. The fraction of sp³-hybridized carbons (Fsp3) is 0.727. The molecule has 30 heavy (non-hydrogen) atoms. The second kappa shape index (κ2) is 10.4. The summed E-state index contributed by atoms with van der Waals surface area (Å²) >= 11 is 0. The molecule has 8 heteroatoms. The van der Waals surface area contributed by atoms with Crippen LogP contribution in [0.2, 0.25) is 0 Å². The van der Waals surface area contributed by atoms with Crippen LogP contribution in [0.4, 0.5) is 5.82 Å². The molecule has 166 valence electrons. The predicted octanol–water partition coefficient (Wildman–Crippen LogP) is 1.18. The van der Waals surface area contributed by atoms with Gasteiger partial charge in [0, 0.05) is 65.7 Å². The fourth-order valence-electron chi connectivity index (χ4n) is 4.54. The van der Waals surface area contributed by atoms with Crippen LogP contribution < -0.4 is 10.2 Å². The summed E-state index contributed by atoms with van der Waals surface area (Å²) in [6.07, 6.45) is 4.51. The first-order valence-electron chi connectivity index (χ1n) is 11.4. The number of piperazine rings is 1. The van der Waals surface area contributed by atoms with E-state index >= 15 is 0 Å². The quantitative estimate of drug-likeness (QED) is 0.571. The Labute approximate surface area is 180 Å². The van der Waals surface area contributed by atoms with Gasteiger partial charge in [0.2, 0.25) is 0 Å². The Morgan fingerprint density at radius 3 is 2.73 bits per heavy atom. The molecule has 0 aromatic carbocycles. The number of hydrogen-bond donors (Lipinski definition) is 1. The van der Waals surface area contributed by atoms with E-state index in [1.807, 2.05) is 13.2 Å². The van der Waals surface area contributed by atoms with Gasteiger partial charge in [-0.1, -0.05) is 6.92 Å². The SMILES string of the molecule is CCN1CCN(c2cc(CNC(=NC)N3CCOC(C4CCCO4)C3)ccn2)CC1. The third-order valence-corrected chi connectivity index (χ3v) is 6.39. The van der Waals surface area contributed by atoms with E-state index < -0.39 is 0 Å². The summed E-state index contributed by atoms with van der Waals surface area (Å²) in [5, 5.41) is 3.54. The molecule has 3 fully saturated rings. The van der Waals surface area contributed by atoms with Gasteiger partial charge in [-0.15, -0.1) is 0 Å². The van der Waals surface area contributed by atoms with Gasteiger partial charge in [0.1, 0.15) is 11.9 Å². The molecular formula is C22H36N6O2. The van der Waals surface area contributed by atoms with Crippen molar-refractivity contribution in [2.45, 2.75) is 38.5 Å². The van der Waals surface area contributed by atoms with Crippen molar-refractivity contribution >= 4 is 11.8 Å². The average molecular weight is 417 g/mol. The average Bonchev–Trinajstić information content (AvgIpc) is 3.35. The summed E-state index contributed by atoms with van der Waals surface area (Å²) < 4.78 is 11.8. The standard InChI is InChI=1S/C22H36N6O2/c1-3-26-8-10-27(11-9-26)21-15-18(6-7-24-21)16-25-22(23-2)28-12-14-30-20(17-28)19-5-4-13-29-19/h6-7,15,19-20H,3-5,8-14,16-17H2,1-2H3,(H,23,25). The molecule has 0 spiro atoms. The number of rotatable bonds is 5. The summed E-state index contributed by atoms with van der Waals surface area (Å²) in [6.45, 7) is 11.6. The van der Waals surface area contributed by atoms with Crippen LogP contribution in [-0.2, 0) is 16.0 Å². The van der Waals surface area contributed by atoms with E-state index in [-0.39, 0.29) is 12.2 Å². The van der Waals surface area contributed by atoms with Crippen LogP contribution in [0.25, 0.3) is 0 Å². The molecule has 4 rings (SSSR count). The highest BCUT2D eigenvalue weighted by molar-refractivity contribution is 5.80. The summed E-state index contributed by atoms with van der Waals surface area (Å²) in [4.78, 5) is 16.3. The van der Waals surface area contributed by atoms with Gasteiger partial charge in [-0.3, -0.25) is 4.99 Å². The lowest BCUT2D eigenvalue weighted by atomic mass is 10.1. The van der Waals surface area contributed by atoms with Gasteiger partial charge in [0.25, 0.3) is 0 Å². The number of guanidine groups is 1. The minimum Gasteiger partial charge on any atom is -0.375 e. The van der Waals surface area contributed by atoms with Crippen molar-refractivity contribution in [3.8, 4) is 0 Å². The highest BCUT2D eigenvalue weighted by atomic mass is 16.5. The van der Waals surface area contributed by atoms with Crippen molar-refractivity contribution in [3.05, 3.63) is 23.9 Å². The van der Waals surface area contributed by atoms with Crippen LogP contribution in [-0.4, -0.2) is 99.0 Å². The van der Waals surface area contributed by atoms with Gasteiger partial charge in [-0.2, -0.15) is 0 Å². The second-order valence-electron chi connectivity index (χ2n) is 8.25. The Bertz CT molecular complexity index is 701. The molecular weight excluding hydrogens is 380 g/mol. The van der Waals surface area contributed by atoms with Crippen molar-refractivity contribution in [2.24, 2.45) is 4.99 Å². The van der Waals surface area contributed by atoms with Gasteiger partial charge in [0.05, 0.1) is 12.7 Å². The first kappa shape index (κ1) is 21.3. The van der Waals surface area contributed by atoms with Crippen LogP contribution >= 0.6 is 0 Å². The Balaban J connectivity index is 1.32. The largest absolute Gasteiger partial charge is 0.375 e. The number of ether oxygens (including phenoxy) is 2. The Morgan fingerprint density at radius 1 is 1.17 bits per heavy atom. The highest BCUT2D eigenvalue weighted by Crippen LogP contribution is 2.21. The summed E-state index contributed by atoms with van der Waals surface area (Å²) in [5.74, 6) is 2.00. The van der Waals surface area contributed by atoms with Crippen molar-refractivity contribution in [2.75, 3.05) is 71.0 Å². The third kappa shape index (κ3) is 5.22. The van der Waals surface area contributed by atoms with Crippen LogP contribution in [0.15, 0.2) is 23.3 Å². The summed E-state index contributed by atoms with van der Waals surface area (Å²) in [6, 6.07) is 4.29. The minimum atomic E-state index is 0.133. The zero-order valence-electron chi connectivity index (χ0n) is 18.4. The number of anilines is 1. The molecule has 1 aromatic rings. The van der Waals surface area contributed by atoms with Crippen molar-refractivity contribution in [1.82, 2.24) is 20.1 Å². The maximum Gasteiger partial charge on any atom is 0.194 e. The van der Waals surface area contributed by atoms with Gasteiger partial charge in [-0.25, -0.2) is 4.98 Å². The smallest absolute Gasteiger partial charge is 0.194 e. The number of pyridine rings is 1. The van der Waals surface area contributed by atoms with Crippen LogP contribution in [0.5, 0.6) is 0 Å². The molecule has 4 heterocycles. The number of nitrogens with one attached hydrogen (secondary N) is 1. The van der Waals surface area contributed by atoms with Crippen LogP contribution in [0.1, 0.15) is 25.3 Å². The highest BCUT2D eigenvalue weighted by Gasteiger charge is 2.32. The van der Waals surface area contributed by atoms with Gasteiger partial charge < -0.3 is 29.5 Å². The van der Waals surface area contributed by atoms with Crippen LogP contribution in [0.3, 0.4) is 0 Å². The van der Waals surface area contributed by atoms with Crippen molar-refractivity contribution in [1.29, 1.82) is 0 Å². The molecule has 0 saturated carbocycles. The number of aromatic nitrogens is 1. The molecule has 1 N–H and O–H groups in total. The summed E-state index contributed by atoms with van der Waals surface area (Å²) in [7, 11) is 1.85. The van der Waals surface area contributed by atoms with Gasteiger partial charge in [-0.05, 0) is 37.1 Å². The lowest BCUT2D eigenvalue weighted by Crippen LogP contribution is -2.53. The Morgan fingerprint density at radius 2 is 2.00 bits per heavy atom. The molecule has 3 saturated heterocycles. The molecule has 0 amide bonds. The van der Waals surface area contributed by atoms with E-state index in [0.29, 0.717) is 6.61 Å². The molecule has 0 bridgehead atoms. The van der Waals surface area contributed by atoms with E-state index in [0.717, 1.165) is 83.6 Å². The monoisotopic (exact) mass is 416 g/mol. The molecule has 0 aliphatic carbocycles.